The fourth-order valence-electron chi connectivity index (χ4n) is 3.75. The third-order valence-electron chi connectivity index (χ3n) is 5.60. The van der Waals surface area contributed by atoms with E-state index in [9.17, 15) is 14.7 Å². The van der Waals surface area contributed by atoms with Crippen LogP contribution in [0.25, 0.3) is 16.9 Å². The fraction of sp³-hybridized carbons (Fsp3) is 0.435. The number of carbonyl (C=O) groups excluding carboxylic acids is 2. The Bertz CT molecular complexity index is 1200. The van der Waals surface area contributed by atoms with Gasteiger partial charge in [0.05, 0.1) is 11.3 Å². The minimum absolute atomic E-state index is 0.112. The number of ether oxygens (including phenoxy) is 1. The summed E-state index contributed by atoms with van der Waals surface area (Å²) in [5.41, 5.74) is 5.79. The van der Waals surface area contributed by atoms with Crippen molar-refractivity contribution in [3.05, 3.63) is 42.6 Å². The lowest BCUT2D eigenvalue weighted by Gasteiger charge is -2.38. The van der Waals surface area contributed by atoms with Gasteiger partial charge in [-0.1, -0.05) is 0 Å². The van der Waals surface area contributed by atoms with E-state index in [1.807, 2.05) is 32.9 Å². The van der Waals surface area contributed by atoms with Gasteiger partial charge in [-0.2, -0.15) is 0 Å². The maximum atomic E-state index is 12.3. The molecule has 1 aliphatic heterocycles. The SMILES string of the molecule is CC(C)(C)OC(=O)N1CCC(O)(CNc2nc(-c3ccncc3)cn3cc(C(N)=O)nc23)CC1. The Labute approximate surface area is 197 Å². The number of carbonyl (C=O) groups is 2. The molecule has 4 rings (SSSR count). The zero-order valence-corrected chi connectivity index (χ0v) is 19.5. The van der Waals surface area contributed by atoms with Crippen molar-refractivity contribution in [3.63, 3.8) is 0 Å². The van der Waals surface area contributed by atoms with E-state index < -0.39 is 17.1 Å². The first kappa shape index (κ1) is 23.4. The number of aliphatic hydroxyl groups is 1. The van der Waals surface area contributed by atoms with Gasteiger partial charge in [0.25, 0.3) is 5.91 Å². The standard InChI is InChI=1S/C23H29N7O4/c1-22(2,3)34-21(32)29-10-6-23(33,7-11-29)14-26-19-20-28-17(18(24)31)13-30(20)12-16(27-19)15-4-8-25-9-5-15/h4-5,8-9,12-13,33H,6-7,10-11,14H2,1-3H3,(H2,24,31)(H,26,27). The molecule has 2 amide bonds. The number of nitrogens with two attached hydrogens (primary N) is 1. The van der Waals surface area contributed by atoms with Gasteiger partial charge in [-0.25, -0.2) is 14.8 Å². The van der Waals surface area contributed by atoms with Crippen molar-refractivity contribution in [2.75, 3.05) is 25.0 Å². The molecule has 1 fully saturated rings. The number of likely N-dealkylation sites (tertiary alicyclic amines) is 1. The number of nitrogens with one attached hydrogen (secondary N) is 1. The van der Waals surface area contributed by atoms with Crippen LogP contribution in [0.4, 0.5) is 10.6 Å². The predicted octanol–water partition coefficient (Wildman–Crippen LogP) is 2.06. The molecular formula is C23H29N7O4. The number of pyridine rings is 1. The quantitative estimate of drug-likeness (QED) is 0.516. The zero-order valence-electron chi connectivity index (χ0n) is 19.5. The summed E-state index contributed by atoms with van der Waals surface area (Å²) in [5, 5.41) is 14.3. The van der Waals surface area contributed by atoms with Gasteiger partial charge >= 0.3 is 6.09 Å². The number of hydrogen-bond acceptors (Lipinski definition) is 8. The topological polar surface area (TPSA) is 148 Å². The van der Waals surface area contributed by atoms with Crippen LogP contribution in [-0.2, 0) is 4.74 Å². The molecule has 3 aromatic heterocycles. The van der Waals surface area contributed by atoms with Gasteiger partial charge in [0.15, 0.2) is 11.5 Å². The van der Waals surface area contributed by atoms with Gasteiger partial charge < -0.3 is 30.2 Å². The average Bonchev–Trinajstić information content (AvgIpc) is 3.22. The van der Waals surface area contributed by atoms with Gasteiger partial charge in [-0.15, -0.1) is 0 Å². The van der Waals surface area contributed by atoms with Crippen molar-refractivity contribution in [2.24, 2.45) is 5.73 Å². The summed E-state index contributed by atoms with van der Waals surface area (Å²) in [5.74, 6) is -0.238. The molecule has 0 radical (unpaired) electrons. The van der Waals surface area contributed by atoms with Crippen LogP contribution in [0.5, 0.6) is 0 Å². The molecule has 11 heteroatoms. The molecule has 0 aliphatic carbocycles. The number of aromatic nitrogens is 4. The second-order valence-corrected chi connectivity index (χ2v) is 9.48. The van der Waals surface area contributed by atoms with Crippen molar-refractivity contribution < 1.29 is 19.4 Å². The molecule has 0 bridgehead atoms. The first-order chi connectivity index (χ1) is 16.0. The van der Waals surface area contributed by atoms with E-state index in [0.29, 0.717) is 43.1 Å². The number of rotatable bonds is 5. The van der Waals surface area contributed by atoms with Gasteiger partial charge in [0, 0.05) is 50.0 Å². The molecule has 1 saturated heterocycles. The Balaban J connectivity index is 1.52. The second-order valence-electron chi connectivity index (χ2n) is 9.48. The van der Waals surface area contributed by atoms with E-state index in [2.05, 4.69) is 20.3 Å². The van der Waals surface area contributed by atoms with E-state index >= 15 is 0 Å². The summed E-state index contributed by atoms with van der Waals surface area (Å²) in [6, 6.07) is 3.65. The van der Waals surface area contributed by atoms with Crippen LogP contribution < -0.4 is 11.1 Å². The van der Waals surface area contributed by atoms with E-state index in [1.54, 1.807) is 34.1 Å². The predicted molar refractivity (Wildman–Crippen MR) is 125 cm³/mol. The molecule has 0 saturated carbocycles. The van der Waals surface area contributed by atoms with Crippen molar-refractivity contribution in [2.45, 2.75) is 44.8 Å². The largest absolute Gasteiger partial charge is 0.444 e. The summed E-state index contributed by atoms with van der Waals surface area (Å²) in [6.45, 7) is 6.41. The lowest BCUT2D eigenvalue weighted by Crippen LogP contribution is -2.50. The minimum Gasteiger partial charge on any atom is -0.444 e. The molecule has 34 heavy (non-hydrogen) atoms. The van der Waals surface area contributed by atoms with E-state index in [-0.39, 0.29) is 18.3 Å². The molecule has 1 aliphatic rings. The summed E-state index contributed by atoms with van der Waals surface area (Å²) >= 11 is 0. The molecule has 4 N–H and O–H groups in total. The highest BCUT2D eigenvalue weighted by atomic mass is 16.6. The summed E-state index contributed by atoms with van der Waals surface area (Å²) < 4.78 is 7.11. The number of fused-ring (bicyclic) bond motifs is 1. The van der Waals surface area contributed by atoms with Crippen LogP contribution in [0, 0.1) is 0 Å². The smallest absolute Gasteiger partial charge is 0.410 e. The van der Waals surface area contributed by atoms with E-state index in [1.165, 1.54) is 0 Å². The average molecular weight is 468 g/mol. The van der Waals surface area contributed by atoms with Crippen LogP contribution in [-0.4, -0.2) is 72.2 Å². The molecule has 3 aromatic rings. The number of nitrogens with zero attached hydrogens (tertiary/aromatic N) is 5. The monoisotopic (exact) mass is 467 g/mol. The van der Waals surface area contributed by atoms with Crippen molar-refractivity contribution >= 4 is 23.5 Å². The maximum absolute atomic E-state index is 12.3. The Morgan fingerprint density at radius 1 is 1.18 bits per heavy atom. The van der Waals surface area contributed by atoms with Crippen molar-refractivity contribution in [1.29, 1.82) is 0 Å². The minimum atomic E-state index is -1.05. The first-order valence-corrected chi connectivity index (χ1v) is 11.1. The number of hydrogen-bond donors (Lipinski definition) is 3. The molecule has 0 unspecified atom stereocenters. The Hall–Kier alpha value is -3.73. The Kier molecular flexibility index (Phi) is 6.13. The fourth-order valence-corrected chi connectivity index (χ4v) is 3.75. The van der Waals surface area contributed by atoms with Crippen molar-refractivity contribution in [1.82, 2.24) is 24.3 Å². The van der Waals surface area contributed by atoms with Gasteiger partial charge in [0.2, 0.25) is 0 Å². The lowest BCUT2D eigenvalue weighted by molar-refractivity contribution is -0.0245. The number of primary amides is 1. The molecule has 0 atom stereocenters. The molecule has 180 valence electrons. The highest BCUT2D eigenvalue weighted by Gasteiger charge is 2.35. The number of amides is 2. The number of piperidine rings is 1. The number of imidazole rings is 1. The third-order valence-corrected chi connectivity index (χ3v) is 5.60. The van der Waals surface area contributed by atoms with E-state index in [4.69, 9.17) is 10.5 Å². The summed E-state index contributed by atoms with van der Waals surface area (Å²) in [7, 11) is 0. The lowest BCUT2D eigenvalue weighted by atomic mass is 9.91. The number of anilines is 1. The highest BCUT2D eigenvalue weighted by Crippen LogP contribution is 2.27. The maximum Gasteiger partial charge on any atom is 0.410 e. The van der Waals surface area contributed by atoms with Gasteiger partial charge in [0.1, 0.15) is 11.3 Å². The summed E-state index contributed by atoms with van der Waals surface area (Å²) in [6.07, 6.45) is 7.00. The molecule has 0 aromatic carbocycles. The first-order valence-electron chi connectivity index (χ1n) is 11.1. The summed E-state index contributed by atoms with van der Waals surface area (Å²) in [4.78, 5) is 38.6. The highest BCUT2D eigenvalue weighted by molar-refractivity contribution is 5.92. The van der Waals surface area contributed by atoms with Crippen LogP contribution in [0.2, 0.25) is 0 Å². The van der Waals surface area contributed by atoms with E-state index in [0.717, 1.165) is 5.56 Å². The van der Waals surface area contributed by atoms with Gasteiger partial charge in [-0.3, -0.25) is 9.78 Å². The van der Waals surface area contributed by atoms with Gasteiger partial charge in [-0.05, 0) is 45.7 Å². The molecular weight excluding hydrogens is 438 g/mol. The van der Waals surface area contributed by atoms with Crippen LogP contribution in [0.15, 0.2) is 36.9 Å². The van der Waals surface area contributed by atoms with Crippen molar-refractivity contribution in [3.8, 4) is 11.3 Å². The zero-order chi connectivity index (χ0) is 24.5. The normalized spacial score (nSPS) is 15.8. The molecule has 0 spiro atoms. The van der Waals surface area contributed by atoms with Crippen LogP contribution >= 0.6 is 0 Å². The van der Waals surface area contributed by atoms with Crippen LogP contribution in [0.1, 0.15) is 44.1 Å². The Morgan fingerprint density at radius 2 is 1.85 bits per heavy atom. The molecule has 4 heterocycles. The second kappa shape index (κ2) is 8.90. The molecule has 11 nitrogen and oxygen atoms in total. The Morgan fingerprint density at radius 3 is 2.47 bits per heavy atom. The van der Waals surface area contributed by atoms with Crippen LogP contribution in [0.3, 0.4) is 0 Å². The third kappa shape index (κ3) is 5.25.